The number of carbonyl (C=O) groups excluding carboxylic acids is 2. The second-order valence-corrected chi connectivity index (χ2v) is 14.7. The average Bonchev–Trinajstić information content (AvgIpc) is 3.89. The minimum absolute atomic E-state index is 0.150. The first-order valence-corrected chi connectivity index (χ1v) is 19.0. The summed E-state index contributed by atoms with van der Waals surface area (Å²) in [4.78, 5) is 38.7. The fourth-order valence-electron chi connectivity index (χ4n) is 7.90. The zero-order chi connectivity index (χ0) is 38.8. The number of nitriles is 2. The Hall–Kier alpha value is -6.46. The maximum atomic E-state index is 15.1. The van der Waals surface area contributed by atoms with Gasteiger partial charge in [0.1, 0.15) is 23.6 Å². The maximum absolute atomic E-state index is 15.1. The number of pyridine rings is 2. The number of rotatable bonds is 10. The van der Waals surface area contributed by atoms with E-state index >= 15 is 4.39 Å². The predicted molar refractivity (Wildman–Crippen MR) is 205 cm³/mol. The van der Waals surface area contributed by atoms with Crippen LogP contribution in [0.15, 0.2) is 55.1 Å². The summed E-state index contributed by atoms with van der Waals surface area (Å²) in [5.74, 6) is 0.635. The number of fused-ring (bicyclic) bond motifs is 1. The number of imide groups is 1. The standard InChI is InChI=1S/C39H41FN14O2/c1-25(19-41)46-32-18-36(54-38-29(22-45-54)16-27(20-42)21-44-38)43-23-35(32)53-24-33(48-49-53)28-4-2-26(3-5-28)8-10-50-12-14-51(15-13-50)30-6-7-34(31(40)17-30)52-11-9-37(55)47-39(52)56/h6-7,16-18,21-26,28H,2-5,8-15H2,1H3,(H,43,46)(H,47,55,56)/t25-,26?,28?/m1/s1. The number of halogens is 1. The van der Waals surface area contributed by atoms with Crippen molar-refractivity contribution in [3.8, 4) is 23.6 Å². The van der Waals surface area contributed by atoms with Crippen LogP contribution < -0.4 is 20.4 Å². The Balaban J connectivity index is 0.841. The van der Waals surface area contributed by atoms with Crippen molar-refractivity contribution in [2.45, 2.75) is 57.4 Å². The van der Waals surface area contributed by atoms with Crippen molar-refractivity contribution in [3.63, 3.8) is 0 Å². The van der Waals surface area contributed by atoms with Crippen molar-refractivity contribution >= 4 is 40.0 Å². The van der Waals surface area contributed by atoms with Gasteiger partial charge in [-0.15, -0.1) is 5.10 Å². The quantitative estimate of drug-likeness (QED) is 0.201. The first-order valence-electron chi connectivity index (χ1n) is 19.0. The van der Waals surface area contributed by atoms with Gasteiger partial charge in [0, 0.05) is 68.4 Å². The maximum Gasteiger partial charge on any atom is 0.328 e. The first-order chi connectivity index (χ1) is 27.3. The zero-order valence-corrected chi connectivity index (χ0v) is 31.0. The Morgan fingerprint density at radius 1 is 0.982 bits per heavy atom. The van der Waals surface area contributed by atoms with Gasteiger partial charge in [-0.2, -0.15) is 20.3 Å². The molecule has 5 aromatic rings. The number of carbonyl (C=O) groups is 2. The van der Waals surface area contributed by atoms with Gasteiger partial charge in [-0.25, -0.2) is 23.8 Å². The molecule has 0 radical (unpaired) electrons. The number of benzene rings is 1. The largest absolute Gasteiger partial charge is 0.369 e. The number of aromatic nitrogens is 7. The van der Waals surface area contributed by atoms with Gasteiger partial charge >= 0.3 is 6.03 Å². The summed E-state index contributed by atoms with van der Waals surface area (Å²) in [5, 5.41) is 38.5. The Morgan fingerprint density at radius 2 is 1.80 bits per heavy atom. The number of amides is 3. The third-order valence-corrected chi connectivity index (χ3v) is 11.1. The molecular formula is C39H41FN14O2. The minimum Gasteiger partial charge on any atom is -0.369 e. The number of piperazine rings is 1. The predicted octanol–water partition coefficient (Wildman–Crippen LogP) is 4.66. The molecule has 16 nitrogen and oxygen atoms in total. The normalized spacial score (nSPS) is 19.7. The van der Waals surface area contributed by atoms with E-state index in [1.54, 1.807) is 40.8 Å². The lowest BCUT2D eigenvalue weighted by Crippen LogP contribution is -2.50. The molecule has 2 N–H and O–H groups in total. The van der Waals surface area contributed by atoms with Gasteiger partial charge in [0.25, 0.3) is 0 Å². The van der Waals surface area contributed by atoms with Gasteiger partial charge in [0.15, 0.2) is 11.5 Å². The van der Waals surface area contributed by atoms with Gasteiger partial charge in [0.2, 0.25) is 5.91 Å². The van der Waals surface area contributed by atoms with Crippen LogP contribution in [0.2, 0.25) is 0 Å². The van der Waals surface area contributed by atoms with Crippen molar-refractivity contribution < 1.29 is 14.0 Å². The van der Waals surface area contributed by atoms with Crippen LogP contribution in [0.4, 0.5) is 26.2 Å². The molecule has 0 spiro atoms. The summed E-state index contributed by atoms with van der Waals surface area (Å²) in [7, 11) is 0. The smallest absolute Gasteiger partial charge is 0.328 e. The lowest BCUT2D eigenvalue weighted by atomic mass is 9.79. The van der Waals surface area contributed by atoms with Crippen molar-refractivity contribution in [2.75, 3.05) is 54.4 Å². The van der Waals surface area contributed by atoms with Crippen LogP contribution in [0.5, 0.6) is 0 Å². The molecule has 1 aliphatic carbocycles. The highest BCUT2D eigenvalue weighted by atomic mass is 19.1. The summed E-state index contributed by atoms with van der Waals surface area (Å²) in [6, 6.07) is 11.7. The van der Waals surface area contributed by atoms with E-state index < -0.39 is 17.9 Å². The van der Waals surface area contributed by atoms with Crippen LogP contribution in [0, 0.1) is 34.4 Å². The summed E-state index contributed by atoms with van der Waals surface area (Å²) in [6.07, 6.45) is 12.4. The van der Waals surface area contributed by atoms with E-state index in [-0.39, 0.29) is 24.6 Å². The molecule has 3 fully saturated rings. The SMILES string of the molecule is C[C@H](C#N)Nc1cc(-n2ncc3cc(C#N)cnc32)ncc1-n1cc(C2CCC(CCN3CCN(c4ccc(N5CCC(=O)NC5=O)c(F)c4)CC3)CC2)nn1. The van der Waals surface area contributed by atoms with Crippen molar-refractivity contribution in [1.29, 1.82) is 10.5 Å². The van der Waals surface area contributed by atoms with Gasteiger partial charge in [-0.05, 0) is 75.8 Å². The minimum atomic E-state index is -0.591. The van der Waals surface area contributed by atoms with E-state index in [9.17, 15) is 20.1 Å². The second kappa shape index (κ2) is 15.7. The Bertz CT molecular complexity index is 2350. The molecule has 0 bridgehead atoms. The van der Waals surface area contributed by atoms with Crippen LogP contribution in [-0.4, -0.2) is 96.9 Å². The molecule has 17 heteroatoms. The van der Waals surface area contributed by atoms with Gasteiger partial charge < -0.3 is 10.2 Å². The summed E-state index contributed by atoms with van der Waals surface area (Å²) >= 11 is 0. The Morgan fingerprint density at radius 3 is 2.55 bits per heavy atom. The number of nitrogens with one attached hydrogen (secondary N) is 2. The third-order valence-electron chi connectivity index (χ3n) is 11.1. The highest BCUT2D eigenvalue weighted by Gasteiger charge is 2.29. The third kappa shape index (κ3) is 7.58. The molecule has 6 heterocycles. The van der Waals surface area contributed by atoms with E-state index in [1.165, 1.54) is 17.2 Å². The van der Waals surface area contributed by atoms with E-state index in [0.29, 0.717) is 40.2 Å². The summed E-state index contributed by atoms with van der Waals surface area (Å²) < 4.78 is 18.4. The molecule has 56 heavy (non-hydrogen) atoms. The Labute approximate surface area is 322 Å². The summed E-state index contributed by atoms with van der Waals surface area (Å²) in [5.41, 5.74) is 4.24. The van der Waals surface area contributed by atoms with E-state index in [0.717, 1.165) is 81.6 Å². The Kier molecular flexibility index (Phi) is 10.2. The molecule has 2 saturated heterocycles. The number of urea groups is 1. The molecule has 1 saturated carbocycles. The second-order valence-electron chi connectivity index (χ2n) is 14.7. The first kappa shape index (κ1) is 36.5. The lowest BCUT2D eigenvalue weighted by molar-refractivity contribution is -0.120. The molecular weight excluding hydrogens is 716 g/mol. The molecule has 3 amide bonds. The molecule has 8 rings (SSSR count). The molecule has 1 atom stereocenters. The van der Waals surface area contributed by atoms with Crippen molar-refractivity contribution in [2.24, 2.45) is 5.92 Å². The van der Waals surface area contributed by atoms with E-state index in [4.69, 9.17) is 0 Å². The van der Waals surface area contributed by atoms with Crippen molar-refractivity contribution in [1.82, 2.24) is 45.0 Å². The number of hydrogen-bond donors (Lipinski definition) is 2. The van der Waals surface area contributed by atoms with Gasteiger partial charge in [-0.1, -0.05) is 5.21 Å². The molecule has 3 aliphatic rings. The topological polar surface area (TPSA) is 190 Å². The van der Waals surface area contributed by atoms with Crippen molar-refractivity contribution in [3.05, 3.63) is 72.2 Å². The fraction of sp³-hybridized carbons (Fsp3) is 0.410. The zero-order valence-electron chi connectivity index (χ0n) is 31.0. The lowest BCUT2D eigenvalue weighted by Gasteiger charge is -2.37. The molecule has 2 aliphatic heterocycles. The highest BCUT2D eigenvalue weighted by molar-refractivity contribution is 6.05. The van der Waals surface area contributed by atoms with Crippen LogP contribution in [0.25, 0.3) is 22.5 Å². The molecule has 0 unspecified atom stereocenters. The van der Waals surface area contributed by atoms with Crippen LogP contribution in [0.3, 0.4) is 0 Å². The number of hydrogen-bond acceptors (Lipinski definition) is 12. The van der Waals surface area contributed by atoms with Gasteiger partial charge in [0.05, 0.1) is 47.3 Å². The van der Waals surface area contributed by atoms with E-state index in [2.05, 4.69) is 58.0 Å². The van der Waals surface area contributed by atoms with E-state index in [1.807, 2.05) is 18.3 Å². The number of nitrogens with zero attached hydrogens (tertiary/aromatic N) is 12. The monoisotopic (exact) mass is 756 g/mol. The summed E-state index contributed by atoms with van der Waals surface area (Å²) in [6.45, 7) is 6.36. The molecule has 1 aromatic carbocycles. The van der Waals surface area contributed by atoms with Crippen LogP contribution >= 0.6 is 0 Å². The number of anilines is 3. The highest BCUT2D eigenvalue weighted by Crippen LogP contribution is 2.37. The van der Waals surface area contributed by atoms with Crippen LogP contribution in [-0.2, 0) is 4.79 Å². The fourth-order valence-corrected chi connectivity index (χ4v) is 7.90. The van der Waals surface area contributed by atoms with Crippen LogP contribution in [0.1, 0.15) is 62.6 Å². The average molecular weight is 757 g/mol. The molecule has 4 aromatic heterocycles. The molecule has 286 valence electrons. The van der Waals surface area contributed by atoms with Gasteiger partial charge in [-0.3, -0.25) is 19.9 Å².